The normalized spacial score (nSPS) is 14.6. The van der Waals surface area contributed by atoms with Crippen LogP contribution in [0.1, 0.15) is 395 Å². The zero-order valence-electron chi connectivity index (χ0n) is 62.8. The molecule has 0 fully saturated rings. The minimum absolute atomic E-state index is 0.104. The molecule has 0 aromatic heterocycles. The molecule has 570 valence electrons. The minimum Gasteiger partial charge on any atom is -0.462 e. The third kappa shape index (κ3) is 67.9. The van der Waals surface area contributed by atoms with Crippen LogP contribution in [0.3, 0.4) is 0 Å². The summed E-state index contributed by atoms with van der Waals surface area (Å²) in [4.78, 5) is 72.9. The second-order valence-electron chi connectivity index (χ2n) is 28.7. The van der Waals surface area contributed by atoms with Gasteiger partial charge in [0.25, 0.3) is 0 Å². The summed E-state index contributed by atoms with van der Waals surface area (Å²) in [6.07, 6.45) is 53.9. The van der Waals surface area contributed by atoms with Gasteiger partial charge in [-0.05, 0) is 43.4 Å². The highest BCUT2D eigenvalue weighted by Crippen LogP contribution is 2.45. The lowest BCUT2D eigenvalue weighted by atomic mass is 9.99. The highest BCUT2D eigenvalue weighted by atomic mass is 31.2. The molecule has 0 aliphatic rings. The Kier molecular flexibility index (Phi) is 66.2. The van der Waals surface area contributed by atoms with Crippen LogP contribution >= 0.6 is 15.6 Å². The minimum atomic E-state index is -4.96. The summed E-state index contributed by atoms with van der Waals surface area (Å²) in [5, 5.41) is 10.6. The zero-order chi connectivity index (χ0) is 70.9. The molecule has 0 amide bonds. The molecule has 0 aliphatic carbocycles. The maximum Gasteiger partial charge on any atom is 0.472 e. The summed E-state index contributed by atoms with van der Waals surface area (Å²) in [6, 6.07) is 0. The van der Waals surface area contributed by atoms with Crippen molar-refractivity contribution in [1.82, 2.24) is 0 Å². The van der Waals surface area contributed by atoms with E-state index >= 15 is 0 Å². The largest absolute Gasteiger partial charge is 0.472 e. The molecule has 17 nitrogen and oxygen atoms in total. The van der Waals surface area contributed by atoms with E-state index in [0.29, 0.717) is 25.7 Å². The van der Waals surface area contributed by atoms with Crippen LogP contribution in [0.2, 0.25) is 0 Å². The molecule has 0 spiro atoms. The first kappa shape index (κ1) is 94.1. The quantitative estimate of drug-likeness (QED) is 0.0222. The van der Waals surface area contributed by atoms with E-state index in [-0.39, 0.29) is 25.7 Å². The molecule has 96 heavy (non-hydrogen) atoms. The molecule has 3 N–H and O–H groups in total. The van der Waals surface area contributed by atoms with Crippen LogP contribution in [-0.2, 0) is 65.4 Å². The zero-order valence-corrected chi connectivity index (χ0v) is 64.6. The Balaban J connectivity index is 5.27. The molecule has 0 bridgehead atoms. The Hall–Kier alpha value is -1.94. The number of aliphatic hydroxyl groups is 1. The molecule has 0 rings (SSSR count). The number of esters is 4. The van der Waals surface area contributed by atoms with Crippen molar-refractivity contribution in [2.45, 2.75) is 414 Å². The van der Waals surface area contributed by atoms with Crippen molar-refractivity contribution in [1.29, 1.82) is 0 Å². The lowest BCUT2D eigenvalue weighted by Crippen LogP contribution is -2.30. The van der Waals surface area contributed by atoms with Gasteiger partial charge >= 0.3 is 39.5 Å². The lowest BCUT2D eigenvalue weighted by molar-refractivity contribution is -0.161. The number of phosphoric ester groups is 2. The number of ether oxygens (including phenoxy) is 4. The highest BCUT2D eigenvalue weighted by molar-refractivity contribution is 7.47. The summed E-state index contributed by atoms with van der Waals surface area (Å²) in [5.74, 6) is 0.212. The van der Waals surface area contributed by atoms with Gasteiger partial charge in [-0.15, -0.1) is 0 Å². The fraction of sp³-hybridized carbons (Fsp3) is 0.948. The molecule has 0 saturated carbocycles. The summed E-state index contributed by atoms with van der Waals surface area (Å²) in [6.45, 7) is 11.9. The molecule has 0 radical (unpaired) electrons. The van der Waals surface area contributed by atoms with Crippen LogP contribution in [0.5, 0.6) is 0 Å². The highest BCUT2D eigenvalue weighted by Gasteiger charge is 2.30. The topological polar surface area (TPSA) is 237 Å². The Bertz CT molecular complexity index is 1870. The van der Waals surface area contributed by atoms with Gasteiger partial charge in [0.1, 0.15) is 19.3 Å². The molecule has 19 heteroatoms. The molecule has 4 unspecified atom stereocenters. The van der Waals surface area contributed by atoms with Gasteiger partial charge in [0.2, 0.25) is 0 Å². The first-order valence-electron chi connectivity index (χ1n) is 39.9. The predicted molar refractivity (Wildman–Crippen MR) is 391 cm³/mol. The number of carbonyl (C=O) groups excluding carboxylic acids is 4. The maximum atomic E-state index is 13.1. The third-order valence-electron chi connectivity index (χ3n) is 18.6. The smallest absolute Gasteiger partial charge is 0.462 e. The number of rotatable bonds is 75. The van der Waals surface area contributed by atoms with Crippen LogP contribution in [-0.4, -0.2) is 96.7 Å². The van der Waals surface area contributed by atoms with Crippen LogP contribution in [0.25, 0.3) is 0 Å². The van der Waals surface area contributed by atoms with Crippen molar-refractivity contribution in [3.63, 3.8) is 0 Å². The first-order valence-corrected chi connectivity index (χ1v) is 42.9. The SMILES string of the molecule is CCCCCCCCCCCCCCCCCCCC(=O)O[C@H](COC(=O)CCCCCCCCCCCCCCC(C)C)COP(=O)(O)OC[C@@H](O)COP(=O)(O)OC[C@@H](COC(=O)CCCCCCCCCCC(C)CC)OC(=O)CCCCCCCCCCC(C)CC. The molecular formula is C77H150O17P2. The second-order valence-corrected chi connectivity index (χ2v) is 31.6. The standard InChI is InChI=1S/C77H150O17P2/c1-8-11-12-13-14-15-16-17-18-19-20-21-26-29-39-46-53-60-76(81)93-72(64-87-74(79)58-51-44-37-28-25-23-22-24-27-34-41-48-55-68(4)5)66-91-95(83,84)89-62-71(78)63-90-96(85,86)92-67-73(94-77(82)61-54-47-40-33-31-36-43-50-57-70(7)10-3)65-88-75(80)59-52-45-38-32-30-35-42-49-56-69(6)9-2/h68-73,78H,8-67H2,1-7H3,(H,83,84)(H,85,86)/t69?,70?,71-,72-,73-/m1/s1. The Morgan fingerprint density at radius 1 is 0.302 bits per heavy atom. The fourth-order valence-corrected chi connectivity index (χ4v) is 13.3. The van der Waals surface area contributed by atoms with Crippen molar-refractivity contribution in [3.8, 4) is 0 Å². The molecule has 0 heterocycles. The van der Waals surface area contributed by atoms with E-state index in [1.54, 1.807) is 0 Å². The van der Waals surface area contributed by atoms with Crippen LogP contribution in [0.15, 0.2) is 0 Å². The third-order valence-corrected chi connectivity index (χ3v) is 20.5. The maximum absolute atomic E-state index is 13.1. The number of unbranched alkanes of at least 4 members (excludes halogenated alkanes) is 41. The van der Waals surface area contributed by atoms with E-state index < -0.39 is 97.5 Å². The fourth-order valence-electron chi connectivity index (χ4n) is 11.7. The monoisotopic (exact) mass is 1410 g/mol. The van der Waals surface area contributed by atoms with Crippen LogP contribution < -0.4 is 0 Å². The summed E-state index contributed by atoms with van der Waals surface area (Å²) >= 11 is 0. The molecule has 0 aliphatic heterocycles. The van der Waals surface area contributed by atoms with Crippen molar-refractivity contribution < 1.29 is 80.2 Å². The Morgan fingerprint density at radius 2 is 0.531 bits per heavy atom. The number of carbonyl (C=O) groups is 4. The summed E-state index contributed by atoms with van der Waals surface area (Å²) in [5.41, 5.74) is 0. The Morgan fingerprint density at radius 3 is 0.792 bits per heavy atom. The number of phosphoric acid groups is 2. The summed E-state index contributed by atoms with van der Waals surface area (Å²) < 4.78 is 68.6. The average Bonchev–Trinajstić information content (AvgIpc) is 1.56. The molecular weight excluding hydrogens is 1260 g/mol. The van der Waals surface area contributed by atoms with E-state index in [1.165, 1.54) is 205 Å². The van der Waals surface area contributed by atoms with Gasteiger partial charge in [0.05, 0.1) is 26.4 Å². The van der Waals surface area contributed by atoms with Gasteiger partial charge in [0, 0.05) is 25.7 Å². The average molecular weight is 1410 g/mol. The van der Waals surface area contributed by atoms with Gasteiger partial charge in [-0.25, -0.2) is 9.13 Å². The van der Waals surface area contributed by atoms with E-state index in [0.717, 1.165) is 108 Å². The van der Waals surface area contributed by atoms with Gasteiger partial charge in [-0.3, -0.25) is 37.3 Å². The first-order chi connectivity index (χ1) is 46.3. The molecule has 0 aromatic carbocycles. The summed E-state index contributed by atoms with van der Waals surface area (Å²) in [7, 11) is -9.92. The van der Waals surface area contributed by atoms with Gasteiger partial charge < -0.3 is 33.8 Å². The van der Waals surface area contributed by atoms with E-state index in [2.05, 4.69) is 48.5 Å². The Labute approximate surface area is 588 Å². The van der Waals surface area contributed by atoms with Gasteiger partial charge in [-0.1, -0.05) is 344 Å². The van der Waals surface area contributed by atoms with E-state index in [4.69, 9.17) is 37.0 Å². The van der Waals surface area contributed by atoms with Crippen LogP contribution in [0, 0.1) is 17.8 Å². The van der Waals surface area contributed by atoms with Gasteiger partial charge in [-0.2, -0.15) is 0 Å². The molecule has 7 atom stereocenters. The predicted octanol–water partition coefficient (Wildman–Crippen LogP) is 22.6. The second kappa shape index (κ2) is 67.5. The molecule has 0 aromatic rings. The van der Waals surface area contributed by atoms with Crippen molar-refractivity contribution in [2.75, 3.05) is 39.6 Å². The van der Waals surface area contributed by atoms with E-state index in [1.807, 2.05) is 0 Å². The van der Waals surface area contributed by atoms with Crippen LogP contribution in [0.4, 0.5) is 0 Å². The lowest BCUT2D eigenvalue weighted by Gasteiger charge is -2.21. The number of hydrogen-bond donors (Lipinski definition) is 3. The number of hydrogen-bond acceptors (Lipinski definition) is 15. The molecule has 0 saturated heterocycles. The number of aliphatic hydroxyl groups excluding tert-OH is 1. The van der Waals surface area contributed by atoms with Crippen molar-refractivity contribution >= 4 is 39.5 Å². The van der Waals surface area contributed by atoms with Gasteiger partial charge in [0.15, 0.2) is 12.2 Å². The van der Waals surface area contributed by atoms with Crippen molar-refractivity contribution in [3.05, 3.63) is 0 Å². The van der Waals surface area contributed by atoms with Crippen molar-refractivity contribution in [2.24, 2.45) is 17.8 Å². The van der Waals surface area contributed by atoms with E-state index in [9.17, 15) is 43.2 Å².